The zero-order valence-corrected chi connectivity index (χ0v) is 14.4. The van der Waals surface area contributed by atoms with Crippen molar-refractivity contribution in [3.05, 3.63) is 47.4 Å². The molecule has 3 aromatic heterocycles. The number of nitrogens with one attached hydrogen (secondary N) is 1. The highest BCUT2D eigenvalue weighted by molar-refractivity contribution is 8.00. The fourth-order valence-corrected chi connectivity index (χ4v) is 3.15. The van der Waals surface area contributed by atoms with Gasteiger partial charge in [0.2, 0.25) is 17.5 Å². The zero-order chi connectivity index (χ0) is 17.8. The van der Waals surface area contributed by atoms with Gasteiger partial charge in [0.15, 0.2) is 0 Å². The van der Waals surface area contributed by atoms with Crippen molar-refractivity contribution in [2.24, 2.45) is 0 Å². The molecule has 0 fully saturated rings. The fourth-order valence-electron chi connectivity index (χ4n) is 2.25. The van der Waals surface area contributed by atoms with Crippen molar-refractivity contribution in [1.82, 2.24) is 19.9 Å². The summed E-state index contributed by atoms with van der Waals surface area (Å²) in [5.41, 5.74) is 2.13. The number of hydrogen-bond acceptors (Lipinski definition) is 7. The number of nitrogens with zero attached hydrogens (tertiary/aromatic N) is 5. The van der Waals surface area contributed by atoms with E-state index in [9.17, 15) is 10.1 Å². The van der Waals surface area contributed by atoms with E-state index in [0.717, 1.165) is 11.3 Å². The lowest BCUT2D eigenvalue weighted by molar-refractivity contribution is -0.113. The number of hydrogen-bond donors (Lipinski definition) is 1. The van der Waals surface area contributed by atoms with Crippen molar-refractivity contribution in [3.63, 3.8) is 0 Å². The van der Waals surface area contributed by atoms with Crippen molar-refractivity contribution in [2.45, 2.75) is 18.9 Å². The number of anilines is 1. The van der Waals surface area contributed by atoms with E-state index in [4.69, 9.17) is 4.63 Å². The largest absolute Gasteiger partial charge is 0.304 e. The van der Waals surface area contributed by atoms with Crippen LogP contribution in [0.4, 0.5) is 5.82 Å². The van der Waals surface area contributed by atoms with E-state index >= 15 is 0 Å². The Kier molecular flexibility index (Phi) is 4.81. The maximum Gasteiger partial charge on any atom is 0.236 e. The van der Waals surface area contributed by atoms with Gasteiger partial charge in [-0.1, -0.05) is 11.8 Å². The molecule has 0 atom stereocenters. The summed E-state index contributed by atoms with van der Waals surface area (Å²) < 4.78 is 6.38. The summed E-state index contributed by atoms with van der Waals surface area (Å²) in [6, 6.07) is 7.62. The highest BCUT2D eigenvalue weighted by Crippen LogP contribution is 2.24. The standard InChI is InChI=1S/C16H14N6O2S/c1-10-7-11(2)18-16(12(10)8-17)25-9-13(23)19-14-15(21-24-20-14)22-5-3-4-6-22/h3-7H,9H2,1-2H3,(H,19,20,23). The first-order valence-electron chi connectivity index (χ1n) is 7.35. The molecule has 1 N–H and O–H groups in total. The van der Waals surface area contributed by atoms with Gasteiger partial charge in [0.25, 0.3) is 0 Å². The van der Waals surface area contributed by atoms with Crippen molar-refractivity contribution in [1.29, 1.82) is 5.26 Å². The summed E-state index contributed by atoms with van der Waals surface area (Å²) in [6.45, 7) is 3.70. The number of nitriles is 1. The molecular weight excluding hydrogens is 340 g/mol. The van der Waals surface area contributed by atoms with Crippen LogP contribution in [0, 0.1) is 25.2 Å². The highest BCUT2D eigenvalue weighted by Gasteiger charge is 2.16. The summed E-state index contributed by atoms with van der Waals surface area (Å²) in [4.78, 5) is 16.6. The molecular formula is C16H14N6O2S. The van der Waals surface area contributed by atoms with E-state index in [1.54, 1.807) is 17.0 Å². The quantitative estimate of drug-likeness (QED) is 0.701. The van der Waals surface area contributed by atoms with E-state index in [1.807, 2.05) is 32.0 Å². The van der Waals surface area contributed by atoms with Crippen LogP contribution in [0.15, 0.2) is 40.2 Å². The fraction of sp³-hybridized carbons (Fsp3) is 0.188. The van der Waals surface area contributed by atoms with Gasteiger partial charge in [-0.3, -0.25) is 4.79 Å². The minimum absolute atomic E-state index is 0.0859. The van der Waals surface area contributed by atoms with E-state index in [0.29, 0.717) is 16.4 Å². The van der Waals surface area contributed by atoms with Crippen molar-refractivity contribution in [3.8, 4) is 11.9 Å². The Morgan fingerprint density at radius 2 is 2.12 bits per heavy atom. The highest BCUT2D eigenvalue weighted by atomic mass is 32.2. The molecule has 0 aliphatic heterocycles. The maximum atomic E-state index is 12.2. The van der Waals surface area contributed by atoms with Gasteiger partial charge < -0.3 is 9.88 Å². The van der Waals surface area contributed by atoms with Gasteiger partial charge >= 0.3 is 0 Å². The molecule has 0 radical (unpaired) electrons. The van der Waals surface area contributed by atoms with Crippen LogP contribution in [0.25, 0.3) is 5.82 Å². The molecule has 126 valence electrons. The number of pyridine rings is 1. The van der Waals surface area contributed by atoms with Gasteiger partial charge in [0.1, 0.15) is 11.1 Å². The summed E-state index contributed by atoms with van der Waals surface area (Å²) >= 11 is 1.20. The van der Waals surface area contributed by atoms with Crippen LogP contribution in [-0.4, -0.2) is 31.5 Å². The second kappa shape index (κ2) is 7.19. The zero-order valence-electron chi connectivity index (χ0n) is 13.6. The molecule has 0 saturated heterocycles. The second-order valence-corrected chi connectivity index (χ2v) is 6.20. The van der Waals surface area contributed by atoms with Gasteiger partial charge in [-0.15, -0.1) is 0 Å². The minimum atomic E-state index is -0.293. The normalized spacial score (nSPS) is 10.4. The van der Waals surface area contributed by atoms with Crippen LogP contribution in [0.3, 0.4) is 0 Å². The number of thioether (sulfide) groups is 1. The van der Waals surface area contributed by atoms with E-state index in [-0.39, 0.29) is 17.5 Å². The molecule has 0 aromatic carbocycles. The third-order valence-electron chi connectivity index (χ3n) is 3.34. The predicted molar refractivity (Wildman–Crippen MR) is 91.4 cm³/mol. The summed E-state index contributed by atoms with van der Waals surface area (Å²) in [6.07, 6.45) is 3.53. The van der Waals surface area contributed by atoms with Gasteiger partial charge in [-0.2, -0.15) is 5.26 Å². The molecule has 0 aliphatic carbocycles. The Hall–Kier alpha value is -3.12. The predicted octanol–water partition coefficient (Wildman–Crippen LogP) is 2.47. The first-order valence-corrected chi connectivity index (χ1v) is 8.34. The first-order chi connectivity index (χ1) is 12.1. The Morgan fingerprint density at radius 3 is 2.84 bits per heavy atom. The summed E-state index contributed by atoms with van der Waals surface area (Å²) in [5, 5.41) is 20.0. The number of aryl methyl sites for hydroxylation is 2. The Balaban J connectivity index is 1.69. The lowest BCUT2D eigenvalue weighted by atomic mass is 10.1. The number of carbonyl (C=O) groups is 1. The maximum absolute atomic E-state index is 12.2. The van der Waals surface area contributed by atoms with E-state index < -0.39 is 0 Å². The molecule has 0 unspecified atom stereocenters. The molecule has 0 aliphatic rings. The van der Waals surface area contributed by atoms with Gasteiger partial charge in [-0.05, 0) is 47.9 Å². The average Bonchev–Trinajstić information content (AvgIpc) is 3.23. The monoisotopic (exact) mass is 354 g/mol. The number of rotatable bonds is 5. The van der Waals surface area contributed by atoms with Crippen LogP contribution in [0.2, 0.25) is 0 Å². The van der Waals surface area contributed by atoms with Gasteiger partial charge in [0.05, 0.1) is 11.3 Å². The first kappa shape index (κ1) is 16.7. The SMILES string of the molecule is Cc1cc(C)c(C#N)c(SCC(=O)Nc2nonc2-n2cccc2)n1. The number of carbonyl (C=O) groups excluding carboxylic acids is 1. The van der Waals surface area contributed by atoms with Gasteiger partial charge in [0, 0.05) is 18.1 Å². The lowest BCUT2D eigenvalue weighted by Crippen LogP contribution is -2.16. The molecule has 9 heteroatoms. The second-order valence-electron chi connectivity index (χ2n) is 5.24. The molecule has 1 amide bonds. The lowest BCUT2D eigenvalue weighted by Gasteiger charge is -2.07. The topological polar surface area (TPSA) is 110 Å². The van der Waals surface area contributed by atoms with Crippen LogP contribution in [-0.2, 0) is 4.79 Å². The van der Waals surface area contributed by atoms with Crippen LogP contribution >= 0.6 is 11.8 Å². The third-order valence-corrected chi connectivity index (χ3v) is 4.32. The molecule has 25 heavy (non-hydrogen) atoms. The number of amides is 1. The summed E-state index contributed by atoms with van der Waals surface area (Å²) in [7, 11) is 0. The molecule has 0 spiro atoms. The smallest absolute Gasteiger partial charge is 0.236 e. The van der Waals surface area contributed by atoms with Crippen molar-refractivity contribution >= 4 is 23.5 Å². The molecule has 8 nitrogen and oxygen atoms in total. The van der Waals surface area contributed by atoms with Crippen LogP contribution in [0.5, 0.6) is 0 Å². The van der Waals surface area contributed by atoms with E-state index in [1.165, 1.54) is 11.8 Å². The Morgan fingerprint density at radius 1 is 1.36 bits per heavy atom. The van der Waals surface area contributed by atoms with Gasteiger partial charge in [-0.25, -0.2) is 9.61 Å². The molecule has 3 aromatic rings. The number of aromatic nitrogens is 4. The average molecular weight is 354 g/mol. The van der Waals surface area contributed by atoms with Crippen molar-refractivity contribution < 1.29 is 9.42 Å². The Bertz CT molecular complexity index is 942. The molecule has 3 rings (SSSR count). The van der Waals surface area contributed by atoms with E-state index in [2.05, 4.69) is 26.7 Å². The molecule has 3 heterocycles. The third kappa shape index (κ3) is 3.70. The molecule has 0 bridgehead atoms. The summed E-state index contributed by atoms with van der Waals surface area (Å²) in [5.74, 6) is 0.419. The molecule has 0 saturated carbocycles. The van der Waals surface area contributed by atoms with Crippen LogP contribution in [0.1, 0.15) is 16.8 Å². The van der Waals surface area contributed by atoms with Crippen LogP contribution < -0.4 is 5.32 Å². The minimum Gasteiger partial charge on any atom is -0.304 e. The Labute approximate surface area is 147 Å². The van der Waals surface area contributed by atoms with Crippen molar-refractivity contribution in [2.75, 3.05) is 11.1 Å².